The fraction of sp³-hybridized carbons (Fsp3) is 0.385. The van der Waals surface area contributed by atoms with Crippen LogP contribution in [0.25, 0.3) is 0 Å². The molecule has 0 saturated carbocycles. The van der Waals surface area contributed by atoms with Gasteiger partial charge in [0, 0.05) is 19.2 Å². The number of nitrogens with zero attached hydrogens (tertiary/aromatic N) is 1. The van der Waals surface area contributed by atoms with Crippen molar-refractivity contribution in [3.05, 3.63) is 34.9 Å². The minimum absolute atomic E-state index is 0.102. The number of halogens is 2. The summed E-state index contributed by atoms with van der Waals surface area (Å²) in [6.07, 6.45) is 0.610. The molecule has 1 heterocycles. The molecule has 0 radical (unpaired) electrons. The van der Waals surface area contributed by atoms with E-state index in [9.17, 15) is 18.4 Å². The van der Waals surface area contributed by atoms with E-state index in [-0.39, 0.29) is 23.6 Å². The van der Waals surface area contributed by atoms with Crippen molar-refractivity contribution in [2.45, 2.75) is 13.3 Å². The Balaban J connectivity index is 2.28. The van der Waals surface area contributed by atoms with Crippen LogP contribution in [0, 0.1) is 18.6 Å². The van der Waals surface area contributed by atoms with Crippen LogP contribution in [0.15, 0.2) is 12.1 Å². The van der Waals surface area contributed by atoms with E-state index in [0.29, 0.717) is 25.6 Å². The van der Waals surface area contributed by atoms with Crippen molar-refractivity contribution < 1.29 is 18.4 Å². The maximum atomic E-state index is 13.6. The van der Waals surface area contributed by atoms with Gasteiger partial charge in [-0.15, -0.1) is 0 Å². The van der Waals surface area contributed by atoms with Gasteiger partial charge >= 0.3 is 0 Å². The van der Waals surface area contributed by atoms with Crippen molar-refractivity contribution in [2.75, 3.05) is 19.6 Å². The molecular formula is C13H14F2N2O2. The normalized spacial score (nSPS) is 15.9. The zero-order valence-corrected chi connectivity index (χ0v) is 10.5. The molecule has 0 atom stereocenters. The summed E-state index contributed by atoms with van der Waals surface area (Å²) in [5.41, 5.74) is -0.00220. The average molecular weight is 268 g/mol. The number of nitrogens with one attached hydrogen (secondary N) is 1. The SMILES string of the molecule is Cc1cc(C(=O)N2CCCNC(=O)C2)c(F)cc1F. The van der Waals surface area contributed by atoms with Crippen molar-refractivity contribution in [3.63, 3.8) is 0 Å². The highest BCUT2D eigenvalue weighted by atomic mass is 19.1. The third kappa shape index (κ3) is 2.89. The molecule has 19 heavy (non-hydrogen) atoms. The van der Waals surface area contributed by atoms with Gasteiger partial charge in [0.2, 0.25) is 5.91 Å². The summed E-state index contributed by atoms with van der Waals surface area (Å²) < 4.78 is 26.8. The molecule has 102 valence electrons. The van der Waals surface area contributed by atoms with Crippen molar-refractivity contribution in [3.8, 4) is 0 Å². The maximum absolute atomic E-state index is 13.6. The zero-order chi connectivity index (χ0) is 14.0. The van der Waals surface area contributed by atoms with Gasteiger partial charge in [-0.2, -0.15) is 0 Å². The van der Waals surface area contributed by atoms with Crippen LogP contribution in [0.3, 0.4) is 0 Å². The molecule has 1 N–H and O–H groups in total. The van der Waals surface area contributed by atoms with Gasteiger partial charge in [-0.3, -0.25) is 9.59 Å². The Morgan fingerprint density at radius 1 is 1.32 bits per heavy atom. The topological polar surface area (TPSA) is 49.4 Å². The third-order valence-corrected chi connectivity index (χ3v) is 3.03. The summed E-state index contributed by atoms with van der Waals surface area (Å²) in [5.74, 6) is -2.46. The fourth-order valence-corrected chi connectivity index (χ4v) is 1.97. The molecule has 4 nitrogen and oxygen atoms in total. The predicted molar refractivity (Wildman–Crippen MR) is 64.6 cm³/mol. The van der Waals surface area contributed by atoms with Crippen LogP contribution in [-0.2, 0) is 4.79 Å². The monoisotopic (exact) mass is 268 g/mol. The minimum atomic E-state index is -0.905. The molecule has 1 saturated heterocycles. The molecule has 1 aromatic carbocycles. The maximum Gasteiger partial charge on any atom is 0.257 e. The smallest absolute Gasteiger partial charge is 0.257 e. The number of carbonyl (C=O) groups excluding carboxylic acids is 2. The number of amides is 2. The van der Waals surface area contributed by atoms with Gasteiger partial charge in [-0.1, -0.05) is 0 Å². The molecule has 1 fully saturated rings. The molecule has 6 heteroatoms. The quantitative estimate of drug-likeness (QED) is 0.833. The molecule has 1 aromatic rings. The number of hydrogen-bond acceptors (Lipinski definition) is 2. The summed E-state index contributed by atoms with van der Waals surface area (Å²) in [7, 11) is 0. The van der Waals surface area contributed by atoms with Gasteiger partial charge in [0.15, 0.2) is 0 Å². The minimum Gasteiger partial charge on any atom is -0.354 e. The Morgan fingerprint density at radius 2 is 2.05 bits per heavy atom. The number of aryl methyl sites for hydroxylation is 1. The Morgan fingerprint density at radius 3 is 2.79 bits per heavy atom. The summed E-state index contributed by atoms with van der Waals surface area (Å²) >= 11 is 0. The van der Waals surface area contributed by atoms with Crippen LogP contribution in [0.2, 0.25) is 0 Å². The first-order valence-corrected chi connectivity index (χ1v) is 6.00. The van der Waals surface area contributed by atoms with E-state index in [2.05, 4.69) is 5.32 Å². The average Bonchev–Trinajstić information content (AvgIpc) is 2.58. The molecule has 2 rings (SSSR count). The Hall–Kier alpha value is -1.98. The van der Waals surface area contributed by atoms with Gasteiger partial charge in [-0.25, -0.2) is 8.78 Å². The molecule has 0 bridgehead atoms. The van der Waals surface area contributed by atoms with E-state index < -0.39 is 17.5 Å². The van der Waals surface area contributed by atoms with Crippen LogP contribution in [0.1, 0.15) is 22.3 Å². The third-order valence-electron chi connectivity index (χ3n) is 3.03. The number of hydrogen-bond donors (Lipinski definition) is 1. The Kier molecular flexibility index (Phi) is 3.78. The van der Waals surface area contributed by atoms with E-state index in [1.165, 1.54) is 17.9 Å². The van der Waals surface area contributed by atoms with Gasteiger partial charge < -0.3 is 10.2 Å². The highest BCUT2D eigenvalue weighted by Crippen LogP contribution is 2.16. The molecule has 0 aromatic heterocycles. The van der Waals surface area contributed by atoms with Crippen molar-refractivity contribution in [1.29, 1.82) is 0 Å². The molecule has 0 aliphatic carbocycles. The van der Waals surface area contributed by atoms with E-state index in [0.717, 1.165) is 0 Å². The van der Waals surface area contributed by atoms with Gasteiger partial charge in [0.25, 0.3) is 5.91 Å². The van der Waals surface area contributed by atoms with Crippen LogP contribution in [0.5, 0.6) is 0 Å². The lowest BCUT2D eigenvalue weighted by atomic mass is 10.1. The fourth-order valence-electron chi connectivity index (χ4n) is 1.97. The summed E-state index contributed by atoms with van der Waals surface area (Å²) in [6, 6.07) is 1.87. The Bertz CT molecular complexity index is 532. The van der Waals surface area contributed by atoms with E-state index in [1.807, 2.05) is 0 Å². The second kappa shape index (κ2) is 5.34. The predicted octanol–water partition coefficient (Wildman–Crippen LogP) is 1.24. The first kappa shape index (κ1) is 13.5. The van der Waals surface area contributed by atoms with E-state index >= 15 is 0 Å². The summed E-state index contributed by atoms with van der Waals surface area (Å²) in [4.78, 5) is 24.8. The van der Waals surface area contributed by atoms with Crippen LogP contribution in [0.4, 0.5) is 8.78 Å². The molecule has 0 spiro atoms. The van der Waals surface area contributed by atoms with Crippen molar-refractivity contribution in [1.82, 2.24) is 10.2 Å². The lowest BCUT2D eigenvalue weighted by Gasteiger charge is -2.19. The first-order chi connectivity index (χ1) is 8.99. The summed E-state index contributed by atoms with van der Waals surface area (Å²) in [5, 5.41) is 2.63. The molecular weight excluding hydrogens is 254 g/mol. The molecule has 1 aliphatic heterocycles. The number of benzene rings is 1. The number of rotatable bonds is 1. The molecule has 1 aliphatic rings. The largest absolute Gasteiger partial charge is 0.354 e. The highest BCUT2D eigenvalue weighted by molar-refractivity contribution is 5.97. The standard InChI is InChI=1S/C13H14F2N2O2/c1-8-5-9(11(15)6-10(8)14)13(19)17-4-2-3-16-12(18)7-17/h5-6H,2-4,7H2,1H3,(H,16,18). The van der Waals surface area contributed by atoms with Crippen molar-refractivity contribution >= 4 is 11.8 Å². The second-order valence-corrected chi connectivity index (χ2v) is 4.51. The van der Waals surface area contributed by atoms with Crippen LogP contribution < -0.4 is 5.32 Å². The van der Waals surface area contributed by atoms with Gasteiger partial charge in [-0.05, 0) is 25.0 Å². The zero-order valence-electron chi connectivity index (χ0n) is 10.5. The Labute approximate surface area is 109 Å². The lowest BCUT2D eigenvalue weighted by Crippen LogP contribution is -2.37. The second-order valence-electron chi connectivity index (χ2n) is 4.51. The lowest BCUT2D eigenvalue weighted by molar-refractivity contribution is -0.121. The van der Waals surface area contributed by atoms with Crippen LogP contribution in [-0.4, -0.2) is 36.3 Å². The first-order valence-electron chi connectivity index (χ1n) is 6.00. The van der Waals surface area contributed by atoms with E-state index in [1.54, 1.807) is 0 Å². The highest BCUT2D eigenvalue weighted by Gasteiger charge is 2.24. The summed E-state index contributed by atoms with van der Waals surface area (Å²) in [6.45, 7) is 2.22. The molecule has 2 amide bonds. The number of carbonyl (C=O) groups is 2. The molecule has 0 unspecified atom stereocenters. The van der Waals surface area contributed by atoms with Crippen molar-refractivity contribution in [2.24, 2.45) is 0 Å². The van der Waals surface area contributed by atoms with E-state index in [4.69, 9.17) is 0 Å². The van der Waals surface area contributed by atoms with Gasteiger partial charge in [0.1, 0.15) is 11.6 Å². The van der Waals surface area contributed by atoms with Crippen LogP contribution >= 0.6 is 0 Å². The van der Waals surface area contributed by atoms with Gasteiger partial charge in [0.05, 0.1) is 12.1 Å².